The summed E-state index contributed by atoms with van der Waals surface area (Å²) in [5.41, 5.74) is 2.27. The second kappa shape index (κ2) is 7.13. The summed E-state index contributed by atoms with van der Waals surface area (Å²) in [6, 6.07) is 2.77. The number of aliphatic carboxylic acids is 1. The van der Waals surface area contributed by atoms with Crippen LogP contribution in [0.1, 0.15) is 29.5 Å². The molecule has 1 unspecified atom stereocenters. The summed E-state index contributed by atoms with van der Waals surface area (Å²) in [6.45, 7) is 5.20. The van der Waals surface area contributed by atoms with E-state index in [-0.39, 0.29) is 11.4 Å². The number of carbonyl (C=O) groups excluding carboxylic acids is 1. The van der Waals surface area contributed by atoms with Crippen LogP contribution in [0.25, 0.3) is 0 Å². The van der Waals surface area contributed by atoms with Gasteiger partial charge in [-0.3, -0.25) is 9.59 Å². The van der Waals surface area contributed by atoms with Crippen molar-refractivity contribution in [1.29, 1.82) is 0 Å². The van der Waals surface area contributed by atoms with Gasteiger partial charge in [0.1, 0.15) is 12.6 Å². The summed E-state index contributed by atoms with van der Waals surface area (Å²) in [5.74, 6) is -1.61. The number of likely N-dealkylation sites (N-methyl/N-ethyl adjacent to an activating group) is 1. The summed E-state index contributed by atoms with van der Waals surface area (Å²) in [5, 5.41) is 8.85. The molecule has 1 fully saturated rings. The third kappa shape index (κ3) is 3.85. The van der Waals surface area contributed by atoms with Gasteiger partial charge in [0.2, 0.25) is 15.9 Å². The van der Waals surface area contributed by atoms with Crippen molar-refractivity contribution in [3.8, 4) is 0 Å². The molecular weight excluding hydrogens is 344 g/mol. The highest BCUT2D eigenvalue weighted by molar-refractivity contribution is 7.89. The van der Waals surface area contributed by atoms with Crippen molar-refractivity contribution >= 4 is 21.9 Å². The van der Waals surface area contributed by atoms with Gasteiger partial charge in [0.15, 0.2) is 0 Å². The molecule has 25 heavy (non-hydrogen) atoms. The van der Waals surface area contributed by atoms with Crippen LogP contribution in [0, 0.1) is 20.8 Å². The molecule has 0 saturated carbocycles. The van der Waals surface area contributed by atoms with Gasteiger partial charge in [0.25, 0.3) is 0 Å². The van der Waals surface area contributed by atoms with E-state index in [0.29, 0.717) is 24.0 Å². The molecule has 1 amide bonds. The van der Waals surface area contributed by atoms with Gasteiger partial charge in [0.05, 0.1) is 4.90 Å². The molecule has 1 heterocycles. The minimum absolute atomic E-state index is 0.235. The Bertz CT molecular complexity index is 780. The number of hydrogen-bond donors (Lipinski definition) is 1. The number of sulfonamides is 1. The molecule has 1 aromatic carbocycles. The molecule has 1 aliphatic rings. The molecule has 0 aliphatic carbocycles. The van der Waals surface area contributed by atoms with Crippen LogP contribution in [0.5, 0.6) is 0 Å². The quantitative estimate of drug-likeness (QED) is 0.845. The second-order valence-corrected chi connectivity index (χ2v) is 8.42. The maximum Gasteiger partial charge on any atom is 0.323 e. The van der Waals surface area contributed by atoms with Crippen molar-refractivity contribution in [3.63, 3.8) is 0 Å². The lowest BCUT2D eigenvalue weighted by Gasteiger charge is -2.28. The summed E-state index contributed by atoms with van der Waals surface area (Å²) in [6.07, 6.45) is 0.965. The Labute approximate surface area is 148 Å². The maximum atomic E-state index is 13.2. The monoisotopic (exact) mass is 368 g/mol. The average Bonchev–Trinajstić information content (AvgIpc) is 2.94. The zero-order valence-corrected chi connectivity index (χ0v) is 15.8. The zero-order valence-electron chi connectivity index (χ0n) is 14.9. The Hall–Kier alpha value is -1.93. The molecule has 1 atom stereocenters. The number of aryl methyl sites for hydroxylation is 3. The SMILES string of the molecule is Cc1cc(C)c(S(=O)(=O)N2CCCC2C(=O)N(C)CC(=O)O)c(C)c1. The number of nitrogens with zero attached hydrogens (tertiary/aromatic N) is 2. The first-order chi connectivity index (χ1) is 11.6. The summed E-state index contributed by atoms with van der Waals surface area (Å²) < 4.78 is 27.6. The van der Waals surface area contributed by atoms with Gasteiger partial charge in [-0.2, -0.15) is 4.31 Å². The minimum Gasteiger partial charge on any atom is -0.480 e. The normalized spacial score (nSPS) is 18.3. The van der Waals surface area contributed by atoms with Gasteiger partial charge >= 0.3 is 5.97 Å². The molecule has 1 aliphatic heterocycles. The van der Waals surface area contributed by atoms with Crippen LogP contribution >= 0.6 is 0 Å². The van der Waals surface area contributed by atoms with Crippen molar-refractivity contribution in [2.24, 2.45) is 0 Å². The fourth-order valence-electron chi connectivity index (χ4n) is 3.50. The average molecular weight is 368 g/mol. The first-order valence-corrected chi connectivity index (χ1v) is 9.56. The summed E-state index contributed by atoms with van der Waals surface area (Å²) >= 11 is 0. The smallest absolute Gasteiger partial charge is 0.323 e. The molecule has 138 valence electrons. The molecule has 2 rings (SSSR count). The van der Waals surface area contributed by atoms with E-state index >= 15 is 0 Å². The van der Waals surface area contributed by atoms with Crippen molar-refractivity contribution in [1.82, 2.24) is 9.21 Å². The molecule has 0 aromatic heterocycles. The van der Waals surface area contributed by atoms with Crippen LogP contribution in [0.15, 0.2) is 17.0 Å². The van der Waals surface area contributed by atoms with Gasteiger partial charge in [0, 0.05) is 13.6 Å². The molecule has 0 spiro atoms. The van der Waals surface area contributed by atoms with Crippen molar-refractivity contribution < 1.29 is 23.1 Å². The number of amides is 1. The first-order valence-electron chi connectivity index (χ1n) is 8.12. The third-order valence-electron chi connectivity index (χ3n) is 4.41. The number of rotatable bonds is 5. The Morgan fingerprint density at radius 1 is 1.24 bits per heavy atom. The highest BCUT2D eigenvalue weighted by atomic mass is 32.2. The van der Waals surface area contributed by atoms with Crippen LogP contribution in [-0.2, 0) is 19.6 Å². The number of hydrogen-bond acceptors (Lipinski definition) is 4. The van der Waals surface area contributed by atoms with Crippen LogP contribution in [0.3, 0.4) is 0 Å². The van der Waals surface area contributed by atoms with Gasteiger partial charge in [-0.25, -0.2) is 8.42 Å². The van der Waals surface area contributed by atoms with E-state index in [1.54, 1.807) is 13.8 Å². The largest absolute Gasteiger partial charge is 0.480 e. The van der Waals surface area contributed by atoms with E-state index < -0.39 is 34.5 Å². The fourth-order valence-corrected chi connectivity index (χ4v) is 5.57. The maximum absolute atomic E-state index is 13.2. The zero-order chi connectivity index (χ0) is 18.9. The van der Waals surface area contributed by atoms with Crippen LogP contribution in [0.2, 0.25) is 0 Å². The van der Waals surface area contributed by atoms with Crippen LogP contribution in [0.4, 0.5) is 0 Å². The summed E-state index contributed by atoms with van der Waals surface area (Å²) in [7, 11) is -2.46. The lowest BCUT2D eigenvalue weighted by atomic mass is 10.1. The van der Waals surface area contributed by atoms with E-state index in [9.17, 15) is 18.0 Å². The van der Waals surface area contributed by atoms with Crippen LogP contribution < -0.4 is 0 Å². The molecule has 0 bridgehead atoms. The van der Waals surface area contributed by atoms with Crippen molar-refractivity contribution in [3.05, 3.63) is 28.8 Å². The molecule has 0 radical (unpaired) electrons. The highest BCUT2D eigenvalue weighted by Crippen LogP contribution is 2.31. The van der Waals surface area contributed by atoms with E-state index in [1.165, 1.54) is 11.4 Å². The Kier molecular flexibility index (Phi) is 5.53. The van der Waals surface area contributed by atoms with E-state index in [2.05, 4.69) is 0 Å². The third-order valence-corrected chi connectivity index (χ3v) is 6.62. The van der Waals surface area contributed by atoms with E-state index in [1.807, 2.05) is 19.1 Å². The number of carboxylic acid groups (broad SMARTS) is 1. The van der Waals surface area contributed by atoms with Crippen LogP contribution in [-0.4, -0.2) is 60.8 Å². The highest BCUT2D eigenvalue weighted by Gasteiger charge is 2.41. The van der Waals surface area contributed by atoms with E-state index in [0.717, 1.165) is 10.5 Å². The predicted molar refractivity (Wildman–Crippen MR) is 92.8 cm³/mol. The molecule has 1 aromatic rings. The second-order valence-electron chi connectivity index (χ2n) is 6.59. The van der Waals surface area contributed by atoms with Gasteiger partial charge in [-0.1, -0.05) is 17.7 Å². The predicted octanol–water partition coefficient (Wildman–Crippen LogP) is 1.31. The topological polar surface area (TPSA) is 95.0 Å². The first kappa shape index (κ1) is 19.4. The molecule has 1 N–H and O–H groups in total. The Balaban J connectivity index is 2.39. The van der Waals surface area contributed by atoms with Crippen molar-refractivity contribution in [2.75, 3.05) is 20.1 Å². The number of benzene rings is 1. The van der Waals surface area contributed by atoms with Gasteiger partial charge in [-0.05, 0) is 44.7 Å². The molecule has 8 heteroatoms. The van der Waals surface area contributed by atoms with Gasteiger partial charge < -0.3 is 10.0 Å². The van der Waals surface area contributed by atoms with Gasteiger partial charge in [-0.15, -0.1) is 0 Å². The Morgan fingerprint density at radius 3 is 2.32 bits per heavy atom. The fraction of sp³-hybridized carbons (Fsp3) is 0.529. The lowest BCUT2D eigenvalue weighted by molar-refractivity contribution is -0.144. The van der Waals surface area contributed by atoms with E-state index in [4.69, 9.17) is 5.11 Å². The molecule has 7 nitrogen and oxygen atoms in total. The number of carboxylic acids is 1. The summed E-state index contributed by atoms with van der Waals surface area (Å²) in [4.78, 5) is 24.7. The molecular formula is C17H24N2O5S. The lowest BCUT2D eigenvalue weighted by Crippen LogP contribution is -2.47. The Morgan fingerprint density at radius 2 is 1.80 bits per heavy atom. The molecule has 1 saturated heterocycles. The number of carbonyl (C=O) groups is 2. The standard InChI is InChI=1S/C17H24N2O5S/c1-11-8-12(2)16(13(3)9-11)25(23,24)19-7-5-6-14(19)17(22)18(4)10-15(20)21/h8-9,14H,5-7,10H2,1-4H3,(H,20,21). The van der Waals surface area contributed by atoms with Crippen molar-refractivity contribution in [2.45, 2.75) is 44.6 Å². The minimum atomic E-state index is -3.83.